The molecule has 2 aromatic carbocycles. The first-order valence-corrected chi connectivity index (χ1v) is 7.02. The van der Waals surface area contributed by atoms with E-state index in [0.29, 0.717) is 32.3 Å². The average Bonchev–Trinajstić information content (AvgIpc) is 2.90. The number of nitrogens with two attached hydrogens (primary N) is 1. The Morgan fingerprint density at radius 1 is 1.19 bits per heavy atom. The fourth-order valence-corrected chi connectivity index (χ4v) is 2.58. The van der Waals surface area contributed by atoms with Crippen molar-refractivity contribution in [1.29, 1.82) is 0 Å². The van der Waals surface area contributed by atoms with E-state index in [2.05, 4.69) is 31.5 Å². The first kappa shape index (κ1) is 14.0. The van der Waals surface area contributed by atoms with E-state index >= 15 is 0 Å². The lowest BCUT2D eigenvalue weighted by molar-refractivity contribution is 0.625. The van der Waals surface area contributed by atoms with Crippen molar-refractivity contribution in [2.45, 2.75) is 0 Å². The number of hydrogen-bond donors (Lipinski definition) is 1. The van der Waals surface area contributed by atoms with Crippen LogP contribution < -0.4 is 5.73 Å². The third kappa shape index (κ3) is 2.62. The summed E-state index contributed by atoms with van der Waals surface area (Å²) in [4.78, 5) is 0. The van der Waals surface area contributed by atoms with Gasteiger partial charge in [-0.2, -0.15) is 4.68 Å². The summed E-state index contributed by atoms with van der Waals surface area (Å²) in [6.45, 7) is 0. The zero-order valence-corrected chi connectivity index (χ0v) is 12.8. The van der Waals surface area contributed by atoms with Crippen LogP contribution in [-0.2, 0) is 0 Å². The van der Waals surface area contributed by atoms with Crippen LogP contribution in [0.2, 0.25) is 5.02 Å². The minimum absolute atomic E-state index is 0.359. The summed E-state index contributed by atoms with van der Waals surface area (Å²) in [7, 11) is 0. The molecule has 0 atom stereocenters. The number of benzene rings is 2. The molecular formula is C13H8BrClFN5. The average molecular weight is 369 g/mol. The number of aromatic nitrogens is 4. The highest BCUT2D eigenvalue weighted by molar-refractivity contribution is 9.10. The van der Waals surface area contributed by atoms with Crippen LogP contribution in [0.5, 0.6) is 0 Å². The Morgan fingerprint density at radius 3 is 2.76 bits per heavy atom. The Balaban J connectivity index is 2.19. The Kier molecular flexibility index (Phi) is 3.60. The molecule has 0 aliphatic carbocycles. The van der Waals surface area contributed by atoms with E-state index in [-0.39, 0.29) is 5.82 Å². The predicted octanol–water partition coefficient (Wildman–Crippen LogP) is 3.47. The summed E-state index contributed by atoms with van der Waals surface area (Å²) >= 11 is 9.29. The van der Waals surface area contributed by atoms with Crippen molar-refractivity contribution in [2.75, 3.05) is 5.73 Å². The van der Waals surface area contributed by atoms with Crippen LogP contribution in [0.25, 0.3) is 17.1 Å². The third-order valence-corrected chi connectivity index (χ3v) is 3.73. The van der Waals surface area contributed by atoms with Gasteiger partial charge in [0.15, 0.2) is 5.82 Å². The van der Waals surface area contributed by atoms with Gasteiger partial charge in [-0.05, 0) is 62.8 Å². The molecule has 2 N–H and O–H groups in total. The molecule has 0 bridgehead atoms. The highest BCUT2D eigenvalue weighted by Crippen LogP contribution is 2.30. The van der Waals surface area contributed by atoms with Crippen molar-refractivity contribution in [1.82, 2.24) is 20.2 Å². The van der Waals surface area contributed by atoms with Crippen LogP contribution in [0, 0.1) is 5.82 Å². The Labute approximate surface area is 132 Å². The molecular weight excluding hydrogens is 361 g/mol. The van der Waals surface area contributed by atoms with Gasteiger partial charge >= 0.3 is 0 Å². The van der Waals surface area contributed by atoms with Gasteiger partial charge < -0.3 is 5.73 Å². The molecule has 3 aromatic rings. The lowest BCUT2D eigenvalue weighted by atomic mass is 10.1. The van der Waals surface area contributed by atoms with E-state index in [1.54, 1.807) is 24.3 Å². The Hall–Kier alpha value is -1.99. The van der Waals surface area contributed by atoms with Crippen molar-refractivity contribution >= 4 is 33.2 Å². The zero-order chi connectivity index (χ0) is 15.0. The second-order valence-electron chi connectivity index (χ2n) is 4.24. The fourth-order valence-electron chi connectivity index (χ4n) is 1.89. The van der Waals surface area contributed by atoms with Gasteiger partial charge in [-0.1, -0.05) is 11.6 Å². The van der Waals surface area contributed by atoms with Crippen LogP contribution in [0.15, 0.2) is 40.9 Å². The largest absolute Gasteiger partial charge is 0.398 e. The Morgan fingerprint density at radius 2 is 2.00 bits per heavy atom. The monoisotopic (exact) mass is 367 g/mol. The van der Waals surface area contributed by atoms with Crippen LogP contribution >= 0.6 is 27.5 Å². The summed E-state index contributed by atoms with van der Waals surface area (Å²) in [5.74, 6) is 0.0600. The maximum Gasteiger partial charge on any atom is 0.189 e. The molecule has 0 saturated carbocycles. The second kappa shape index (κ2) is 5.42. The smallest absolute Gasteiger partial charge is 0.189 e. The topological polar surface area (TPSA) is 69.6 Å². The second-order valence-corrected chi connectivity index (χ2v) is 5.53. The molecule has 3 rings (SSSR count). The predicted molar refractivity (Wildman–Crippen MR) is 81.7 cm³/mol. The fraction of sp³-hybridized carbons (Fsp3) is 0. The van der Waals surface area contributed by atoms with Crippen LogP contribution in [0.1, 0.15) is 0 Å². The number of nitrogen functional groups attached to an aromatic ring is 1. The normalized spacial score (nSPS) is 10.8. The maximum atomic E-state index is 13.2. The minimum atomic E-state index is -0.359. The molecule has 1 aromatic heterocycles. The number of nitrogens with zero attached hydrogens (tertiary/aromatic N) is 4. The van der Waals surface area contributed by atoms with Gasteiger partial charge in [-0.3, -0.25) is 0 Å². The SMILES string of the molecule is Nc1ccc(Cl)cc1-c1nnnn1-c1ccc(F)cc1Br. The molecule has 0 aliphatic heterocycles. The number of rotatable bonds is 2. The van der Waals surface area contributed by atoms with Gasteiger partial charge in [0, 0.05) is 20.7 Å². The van der Waals surface area contributed by atoms with E-state index in [1.807, 2.05) is 0 Å². The summed E-state index contributed by atoms with van der Waals surface area (Å²) in [5.41, 5.74) is 7.64. The molecule has 106 valence electrons. The summed E-state index contributed by atoms with van der Waals surface area (Å²) in [6.07, 6.45) is 0. The van der Waals surface area contributed by atoms with E-state index in [4.69, 9.17) is 17.3 Å². The molecule has 0 fully saturated rings. The van der Waals surface area contributed by atoms with E-state index in [9.17, 15) is 4.39 Å². The molecule has 0 unspecified atom stereocenters. The highest BCUT2D eigenvalue weighted by Gasteiger charge is 2.16. The quantitative estimate of drug-likeness (QED) is 0.703. The molecule has 0 amide bonds. The van der Waals surface area contributed by atoms with E-state index in [0.717, 1.165) is 0 Å². The van der Waals surface area contributed by atoms with E-state index < -0.39 is 0 Å². The molecule has 8 heteroatoms. The van der Waals surface area contributed by atoms with Gasteiger partial charge in [0.1, 0.15) is 5.82 Å². The molecule has 0 spiro atoms. The standard InChI is InChI=1S/C13H8BrClFN5/c14-10-6-8(16)2-4-12(10)21-13(18-19-20-21)9-5-7(15)1-3-11(9)17/h1-6H,17H2. The van der Waals surface area contributed by atoms with Gasteiger partial charge in [-0.25, -0.2) is 4.39 Å². The molecule has 5 nitrogen and oxygen atoms in total. The van der Waals surface area contributed by atoms with E-state index in [1.165, 1.54) is 16.8 Å². The lowest BCUT2D eigenvalue weighted by Gasteiger charge is -2.09. The van der Waals surface area contributed by atoms with Crippen molar-refractivity contribution in [3.05, 3.63) is 51.7 Å². The van der Waals surface area contributed by atoms with Crippen LogP contribution in [-0.4, -0.2) is 20.2 Å². The number of halogens is 3. The van der Waals surface area contributed by atoms with Gasteiger partial charge in [0.25, 0.3) is 0 Å². The van der Waals surface area contributed by atoms with Gasteiger partial charge in [0.05, 0.1) is 5.69 Å². The van der Waals surface area contributed by atoms with Crippen LogP contribution in [0.3, 0.4) is 0 Å². The first-order valence-electron chi connectivity index (χ1n) is 5.85. The summed E-state index contributed by atoms with van der Waals surface area (Å²) in [6, 6.07) is 9.27. The van der Waals surface area contributed by atoms with Crippen molar-refractivity contribution in [3.63, 3.8) is 0 Å². The molecule has 0 saturated heterocycles. The Bertz CT molecular complexity index is 820. The lowest BCUT2D eigenvalue weighted by Crippen LogP contribution is -2.03. The summed E-state index contributed by atoms with van der Waals surface area (Å²) in [5, 5.41) is 12.1. The minimum Gasteiger partial charge on any atom is -0.398 e. The molecule has 0 radical (unpaired) electrons. The molecule has 21 heavy (non-hydrogen) atoms. The van der Waals surface area contributed by atoms with Gasteiger partial charge in [0.2, 0.25) is 0 Å². The molecule has 0 aliphatic rings. The van der Waals surface area contributed by atoms with Crippen molar-refractivity contribution in [3.8, 4) is 17.1 Å². The molecule has 1 heterocycles. The van der Waals surface area contributed by atoms with Crippen molar-refractivity contribution in [2.24, 2.45) is 0 Å². The van der Waals surface area contributed by atoms with Gasteiger partial charge in [-0.15, -0.1) is 5.10 Å². The summed E-state index contributed by atoms with van der Waals surface area (Å²) < 4.78 is 15.2. The number of hydrogen-bond acceptors (Lipinski definition) is 4. The third-order valence-electron chi connectivity index (χ3n) is 2.86. The number of tetrazole rings is 1. The first-order chi connectivity index (χ1) is 10.1. The highest BCUT2D eigenvalue weighted by atomic mass is 79.9. The zero-order valence-electron chi connectivity index (χ0n) is 10.5. The van der Waals surface area contributed by atoms with Crippen molar-refractivity contribution < 1.29 is 4.39 Å². The van der Waals surface area contributed by atoms with Crippen LogP contribution in [0.4, 0.5) is 10.1 Å². The maximum absolute atomic E-state index is 13.2. The number of anilines is 1.